The molecule has 0 unspecified atom stereocenters. The zero-order valence-electron chi connectivity index (χ0n) is 13.4. The van der Waals surface area contributed by atoms with Crippen molar-refractivity contribution >= 4 is 15.9 Å². The number of nitrogens with one attached hydrogen (secondary N) is 1. The van der Waals surface area contributed by atoms with Gasteiger partial charge in [0.15, 0.2) is 5.03 Å². The molecule has 1 amide bonds. The average Bonchev–Trinajstić information content (AvgIpc) is 2.91. The third-order valence-electron chi connectivity index (χ3n) is 4.38. The number of rotatable bonds is 3. The van der Waals surface area contributed by atoms with Gasteiger partial charge < -0.3 is 14.6 Å². The molecular formula is C13H21N5O4S. The first kappa shape index (κ1) is 16.4. The second kappa shape index (κ2) is 5.55. The number of carbonyl (C=O) groups is 1. The van der Waals surface area contributed by atoms with Crippen LogP contribution in [0.5, 0.6) is 0 Å². The van der Waals surface area contributed by atoms with E-state index in [0.29, 0.717) is 6.54 Å². The van der Waals surface area contributed by atoms with Crippen LogP contribution in [0.25, 0.3) is 0 Å². The zero-order chi connectivity index (χ0) is 16.8. The molecule has 1 spiro atoms. The predicted molar refractivity (Wildman–Crippen MR) is 81.1 cm³/mol. The summed E-state index contributed by atoms with van der Waals surface area (Å²) >= 11 is 0. The third-order valence-corrected chi connectivity index (χ3v) is 6.06. The quantitative estimate of drug-likeness (QED) is 0.698. The molecule has 2 saturated heterocycles. The summed E-state index contributed by atoms with van der Waals surface area (Å²) in [5.41, 5.74) is -0.541. The maximum Gasteiger partial charge on any atom is 0.262 e. The topological polar surface area (TPSA) is 96.8 Å². The first-order valence-electron chi connectivity index (χ1n) is 7.31. The molecule has 0 aromatic carbocycles. The van der Waals surface area contributed by atoms with E-state index in [-0.39, 0.29) is 36.7 Å². The molecule has 10 heteroatoms. The summed E-state index contributed by atoms with van der Waals surface area (Å²) < 4.78 is 33.7. The Balaban J connectivity index is 1.66. The molecule has 1 atom stereocenters. The van der Waals surface area contributed by atoms with Crippen molar-refractivity contribution in [3.8, 4) is 0 Å². The molecule has 2 aliphatic heterocycles. The van der Waals surface area contributed by atoms with E-state index in [1.807, 2.05) is 11.9 Å². The van der Waals surface area contributed by atoms with E-state index in [1.54, 1.807) is 18.7 Å². The van der Waals surface area contributed by atoms with Gasteiger partial charge in [-0.05, 0) is 7.05 Å². The van der Waals surface area contributed by atoms with Gasteiger partial charge in [-0.3, -0.25) is 9.69 Å². The summed E-state index contributed by atoms with van der Waals surface area (Å²) in [6, 6.07) is -0.341. The molecular weight excluding hydrogens is 322 g/mol. The number of morpholine rings is 1. The Morgan fingerprint density at radius 3 is 2.61 bits per heavy atom. The standard InChI is InChI=1S/C13H21N5O4S/c1-14-12(19)10-5-22-13(6-17(10)3)7-18(8-13)23(20,21)11-4-16(2)9-15-11/h4,9-10H,5-8H2,1-3H3,(H,14,19)/t10-/m1/s1. The van der Waals surface area contributed by atoms with Gasteiger partial charge in [0, 0.05) is 39.9 Å². The SMILES string of the molecule is CNC(=O)[C@H]1COC2(CN1C)CN(S(=O)(=O)c1cn(C)cn1)C2. The van der Waals surface area contributed by atoms with Crippen LogP contribution in [0.2, 0.25) is 0 Å². The molecule has 0 radical (unpaired) electrons. The van der Waals surface area contributed by atoms with Crippen molar-refractivity contribution < 1.29 is 17.9 Å². The number of sulfonamides is 1. The van der Waals surface area contributed by atoms with Gasteiger partial charge in [0.05, 0.1) is 12.9 Å². The first-order valence-corrected chi connectivity index (χ1v) is 8.75. The highest BCUT2D eigenvalue weighted by Gasteiger charge is 2.53. The van der Waals surface area contributed by atoms with Crippen molar-refractivity contribution in [2.24, 2.45) is 7.05 Å². The van der Waals surface area contributed by atoms with Gasteiger partial charge in [-0.2, -0.15) is 4.31 Å². The van der Waals surface area contributed by atoms with Crippen molar-refractivity contribution in [2.75, 3.05) is 40.3 Å². The summed E-state index contributed by atoms with van der Waals surface area (Å²) in [5, 5.41) is 2.65. The highest BCUT2D eigenvalue weighted by molar-refractivity contribution is 7.89. The van der Waals surface area contributed by atoms with Gasteiger partial charge in [0.1, 0.15) is 11.6 Å². The molecule has 9 nitrogen and oxygen atoms in total. The van der Waals surface area contributed by atoms with E-state index in [9.17, 15) is 13.2 Å². The Hall–Kier alpha value is -1.49. The molecule has 0 bridgehead atoms. The lowest BCUT2D eigenvalue weighted by Crippen LogP contribution is -2.73. The smallest absolute Gasteiger partial charge is 0.262 e. The number of imidazole rings is 1. The number of hydrogen-bond donors (Lipinski definition) is 1. The van der Waals surface area contributed by atoms with Gasteiger partial charge in [-0.15, -0.1) is 0 Å². The second-order valence-electron chi connectivity index (χ2n) is 6.19. The molecule has 2 fully saturated rings. The fourth-order valence-corrected chi connectivity index (χ4v) is 4.60. The van der Waals surface area contributed by atoms with Crippen molar-refractivity contribution in [1.29, 1.82) is 0 Å². The van der Waals surface area contributed by atoms with Gasteiger partial charge in [-0.25, -0.2) is 13.4 Å². The lowest BCUT2D eigenvalue weighted by molar-refractivity contribution is -0.180. The maximum atomic E-state index is 12.5. The number of likely N-dealkylation sites (N-methyl/N-ethyl adjacent to an activating group) is 2. The summed E-state index contributed by atoms with van der Waals surface area (Å²) in [4.78, 5) is 17.6. The Bertz CT molecular complexity index is 710. The highest BCUT2D eigenvalue weighted by atomic mass is 32.2. The number of aryl methyl sites for hydroxylation is 1. The molecule has 3 heterocycles. The molecule has 1 aromatic rings. The minimum atomic E-state index is -3.59. The van der Waals surface area contributed by atoms with Crippen molar-refractivity contribution in [1.82, 2.24) is 24.1 Å². The van der Waals surface area contributed by atoms with Gasteiger partial charge in [-0.1, -0.05) is 0 Å². The molecule has 23 heavy (non-hydrogen) atoms. The number of aromatic nitrogens is 2. The first-order chi connectivity index (χ1) is 10.8. The molecule has 3 rings (SSSR count). The molecule has 1 aromatic heterocycles. The summed E-state index contributed by atoms with van der Waals surface area (Å²) in [6.45, 7) is 1.32. The second-order valence-corrected chi connectivity index (χ2v) is 8.07. The van der Waals surface area contributed by atoms with E-state index >= 15 is 0 Å². The Labute approximate surface area is 135 Å². The number of amides is 1. The summed E-state index contributed by atoms with van der Waals surface area (Å²) in [6.07, 6.45) is 2.94. The number of hydrogen-bond acceptors (Lipinski definition) is 6. The third kappa shape index (κ3) is 2.75. The summed E-state index contributed by atoms with van der Waals surface area (Å²) in [7, 11) is 1.57. The van der Waals surface area contributed by atoms with E-state index in [1.165, 1.54) is 16.8 Å². The van der Waals surface area contributed by atoms with E-state index in [0.717, 1.165) is 0 Å². The van der Waals surface area contributed by atoms with E-state index in [4.69, 9.17) is 4.74 Å². The molecule has 1 N–H and O–H groups in total. The minimum Gasteiger partial charge on any atom is -0.369 e. The van der Waals surface area contributed by atoms with Gasteiger partial charge in [0.25, 0.3) is 10.0 Å². The van der Waals surface area contributed by atoms with Crippen molar-refractivity contribution in [2.45, 2.75) is 16.7 Å². The van der Waals surface area contributed by atoms with Crippen LogP contribution in [0.3, 0.4) is 0 Å². The summed E-state index contributed by atoms with van der Waals surface area (Å²) in [5.74, 6) is -0.0976. The maximum absolute atomic E-state index is 12.5. The van der Waals surface area contributed by atoms with Crippen molar-refractivity contribution in [3.63, 3.8) is 0 Å². The van der Waals surface area contributed by atoms with Crippen LogP contribution in [0.4, 0.5) is 0 Å². The minimum absolute atomic E-state index is 0.0438. The fourth-order valence-electron chi connectivity index (χ4n) is 3.05. The Kier molecular flexibility index (Phi) is 3.95. The zero-order valence-corrected chi connectivity index (χ0v) is 14.2. The highest BCUT2D eigenvalue weighted by Crippen LogP contribution is 2.34. The lowest BCUT2D eigenvalue weighted by atomic mass is 9.93. The van der Waals surface area contributed by atoms with Crippen LogP contribution in [0.1, 0.15) is 0 Å². The number of ether oxygens (including phenoxy) is 1. The van der Waals surface area contributed by atoms with Gasteiger partial charge >= 0.3 is 0 Å². The predicted octanol–water partition coefficient (Wildman–Crippen LogP) is -1.76. The fraction of sp³-hybridized carbons (Fsp3) is 0.692. The van der Waals surface area contributed by atoms with Crippen LogP contribution in [0, 0.1) is 0 Å². The Morgan fingerprint density at radius 2 is 2.09 bits per heavy atom. The largest absolute Gasteiger partial charge is 0.369 e. The van der Waals surface area contributed by atoms with Crippen molar-refractivity contribution in [3.05, 3.63) is 12.5 Å². The van der Waals surface area contributed by atoms with Crippen LogP contribution in [-0.4, -0.2) is 85.1 Å². The number of nitrogens with zero attached hydrogens (tertiary/aromatic N) is 4. The van der Waals surface area contributed by atoms with Crippen LogP contribution < -0.4 is 5.32 Å². The monoisotopic (exact) mass is 343 g/mol. The van der Waals surface area contributed by atoms with E-state index < -0.39 is 15.6 Å². The average molecular weight is 343 g/mol. The molecule has 2 aliphatic rings. The Morgan fingerprint density at radius 1 is 1.39 bits per heavy atom. The molecule has 128 valence electrons. The van der Waals surface area contributed by atoms with E-state index in [2.05, 4.69) is 10.3 Å². The van der Waals surface area contributed by atoms with Gasteiger partial charge in [0.2, 0.25) is 5.91 Å². The number of carbonyl (C=O) groups excluding carboxylic acids is 1. The lowest BCUT2D eigenvalue weighted by Gasteiger charge is -2.53. The normalized spacial score (nSPS) is 25.3. The molecule has 0 saturated carbocycles. The van der Waals surface area contributed by atoms with Crippen LogP contribution in [0.15, 0.2) is 17.6 Å². The molecule has 0 aliphatic carbocycles. The van der Waals surface area contributed by atoms with Crippen LogP contribution >= 0.6 is 0 Å². The van der Waals surface area contributed by atoms with Crippen LogP contribution in [-0.2, 0) is 26.6 Å².